The molecule has 0 unspecified atom stereocenters. The number of nitrogens with one attached hydrogen (secondary N) is 2. The maximum Gasteiger partial charge on any atom is 0.263 e. The van der Waals surface area contributed by atoms with E-state index < -0.39 is 0 Å². The molecule has 2 N–H and O–H groups in total. The first kappa shape index (κ1) is 13.1. The normalized spacial score (nSPS) is 18.2. The molecule has 112 valence electrons. The SMILES string of the molecule is Cc1ccccc1[C@H]1CCCN1c1nc2[nH]ncc2c(=O)[nH]1. The van der Waals surface area contributed by atoms with Crippen LogP contribution in [0, 0.1) is 6.92 Å². The smallest absolute Gasteiger partial charge is 0.263 e. The van der Waals surface area contributed by atoms with Crippen LogP contribution >= 0.6 is 0 Å². The Balaban J connectivity index is 1.79. The Morgan fingerprint density at radius 3 is 3.05 bits per heavy atom. The average molecular weight is 295 g/mol. The molecule has 1 saturated heterocycles. The van der Waals surface area contributed by atoms with Crippen LogP contribution in [0.5, 0.6) is 0 Å². The van der Waals surface area contributed by atoms with Gasteiger partial charge in [-0.2, -0.15) is 10.1 Å². The summed E-state index contributed by atoms with van der Waals surface area (Å²) < 4.78 is 0. The molecule has 1 aromatic carbocycles. The molecule has 1 aliphatic rings. The third kappa shape index (κ3) is 1.99. The number of nitrogens with zero attached hydrogens (tertiary/aromatic N) is 3. The van der Waals surface area contributed by atoms with Gasteiger partial charge in [0.25, 0.3) is 5.56 Å². The Morgan fingerprint density at radius 2 is 2.18 bits per heavy atom. The summed E-state index contributed by atoms with van der Waals surface area (Å²) in [4.78, 5) is 21.8. The van der Waals surface area contributed by atoms with Crippen LogP contribution < -0.4 is 10.5 Å². The summed E-state index contributed by atoms with van der Waals surface area (Å²) in [5.74, 6) is 0.618. The van der Waals surface area contributed by atoms with Crippen molar-refractivity contribution in [1.29, 1.82) is 0 Å². The Morgan fingerprint density at radius 1 is 1.32 bits per heavy atom. The number of hydrogen-bond donors (Lipinski definition) is 2. The van der Waals surface area contributed by atoms with Gasteiger partial charge in [-0.3, -0.25) is 14.9 Å². The number of aromatic nitrogens is 4. The summed E-state index contributed by atoms with van der Waals surface area (Å²) in [5.41, 5.74) is 2.95. The van der Waals surface area contributed by atoms with E-state index in [4.69, 9.17) is 0 Å². The number of benzene rings is 1. The third-order valence-electron chi connectivity index (χ3n) is 4.38. The molecule has 4 rings (SSSR count). The lowest BCUT2D eigenvalue weighted by Crippen LogP contribution is -2.27. The van der Waals surface area contributed by atoms with Gasteiger partial charge >= 0.3 is 0 Å². The van der Waals surface area contributed by atoms with E-state index in [1.54, 1.807) is 0 Å². The van der Waals surface area contributed by atoms with E-state index in [0.717, 1.165) is 19.4 Å². The van der Waals surface area contributed by atoms with Crippen LogP contribution in [0.15, 0.2) is 35.3 Å². The molecule has 0 aliphatic carbocycles. The van der Waals surface area contributed by atoms with Crippen LogP contribution in [0.2, 0.25) is 0 Å². The molecule has 6 nitrogen and oxygen atoms in total. The lowest BCUT2D eigenvalue weighted by Gasteiger charge is -2.26. The number of fused-ring (bicyclic) bond motifs is 1. The molecule has 0 radical (unpaired) electrons. The number of anilines is 1. The minimum absolute atomic E-state index is 0.149. The molecule has 0 spiro atoms. The van der Waals surface area contributed by atoms with Gasteiger partial charge in [0.1, 0.15) is 5.39 Å². The maximum atomic E-state index is 12.1. The van der Waals surface area contributed by atoms with E-state index in [-0.39, 0.29) is 11.6 Å². The van der Waals surface area contributed by atoms with Crippen molar-refractivity contribution in [3.8, 4) is 0 Å². The number of H-pyrrole nitrogens is 2. The zero-order chi connectivity index (χ0) is 15.1. The Hall–Kier alpha value is -2.63. The highest BCUT2D eigenvalue weighted by Crippen LogP contribution is 2.35. The highest BCUT2D eigenvalue weighted by Gasteiger charge is 2.29. The molecule has 3 heterocycles. The Bertz CT molecular complexity index is 881. The second-order valence-corrected chi connectivity index (χ2v) is 5.73. The predicted molar refractivity (Wildman–Crippen MR) is 85.0 cm³/mol. The predicted octanol–water partition coefficient (Wildman–Crippen LogP) is 2.30. The molecule has 6 heteroatoms. The maximum absolute atomic E-state index is 12.1. The van der Waals surface area contributed by atoms with Crippen molar-refractivity contribution in [1.82, 2.24) is 20.2 Å². The fourth-order valence-corrected chi connectivity index (χ4v) is 3.27. The van der Waals surface area contributed by atoms with Crippen LogP contribution in [0.1, 0.15) is 30.0 Å². The molecular weight excluding hydrogens is 278 g/mol. The first-order valence-electron chi connectivity index (χ1n) is 7.49. The standard InChI is InChI=1S/C16H17N5O/c1-10-5-2-3-6-11(10)13-7-4-8-21(13)16-18-14-12(9-17-20-14)15(22)19-16/h2-3,5-6,9,13H,4,7-8H2,1H3,(H2,17,18,19,20,22)/t13-/m1/s1. The Kier molecular flexibility index (Phi) is 2.96. The molecule has 2 aromatic heterocycles. The fraction of sp³-hybridized carbons (Fsp3) is 0.312. The zero-order valence-corrected chi connectivity index (χ0v) is 12.3. The van der Waals surface area contributed by atoms with Gasteiger partial charge in [-0.15, -0.1) is 0 Å². The summed E-state index contributed by atoms with van der Waals surface area (Å²) in [6.07, 6.45) is 3.66. The van der Waals surface area contributed by atoms with Crippen molar-refractivity contribution >= 4 is 17.0 Å². The molecule has 3 aromatic rings. The van der Waals surface area contributed by atoms with E-state index in [9.17, 15) is 4.79 Å². The van der Waals surface area contributed by atoms with Gasteiger partial charge in [0, 0.05) is 6.54 Å². The molecule has 1 fully saturated rings. The molecular formula is C16H17N5O. The average Bonchev–Trinajstić information content (AvgIpc) is 3.16. The zero-order valence-electron chi connectivity index (χ0n) is 12.3. The van der Waals surface area contributed by atoms with Crippen molar-refractivity contribution < 1.29 is 0 Å². The van der Waals surface area contributed by atoms with Crippen LogP contribution in [0.3, 0.4) is 0 Å². The third-order valence-corrected chi connectivity index (χ3v) is 4.38. The van der Waals surface area contributed by atoms with Crippen LogP contribution in [0.4, 0.5) is 5.95 Å². The van der Waals surface area contributed by atoms with Crippen molar-refractivity contribution in [2.45, 2.75) is 25.8 Å². The van der Waals surface area contributed by atoms with Gasteiger partial charge in [-0.05, 0) is 30.9 Å². The van der Waals surface area contributed by atoms with Gasteiger partial charge in [-0.1, -0.05) is 24.3 Å². The lowest BCUT2D eigenvalue weighted by atomic mass is 9.99. The quantitative estimate of drug-likeness (QED) is 0.760. The van der Waals surface area contributed by atoms with Gasteiger partial charge in [0.05, 0.1) is 12.2 Å². The molecule has 1 atom stereocenters. The van der Waals surface area contributed by atoms with Crippen molar-refractivity contribution in [3.05, 3.63) is 51.9 Å². The van der Waals surface area contributed by atoms with E-state index >= 15 is 0 Å². The first-order chi connectivity index (χ1) is 10.7. The van der Waals surface area contributed by atoms with Crippen LogP contribution in [-0.4, -0.2) is 26.7 Å². The van der Waals surface area contributed by atoms with E-state index in [0.29, 0.717) is 17.0 Å². The summed E-state index contributed by atoms with van der Waals surface area (Å²) >= 11 is 0. The number of aromatic amines is 2. The molecule has 1 aliphatic heterocycles. The second-order valence-electron chi connectivity index (χ2n) is 5.73. The lowest BCUT2D eigenvalue weighted by molar-refractivity contribution is 0.697. The van der Waals surface area contributed by atoms with Gasteiger partial charge < -0.3 is 4.90 Å². The summed E-state index contributed by atoms with van der Waals surface area (Å²) in [7, 11) is 0. The van der Waals surface area contributed by atoms with Crippen LogP contribution in [0.25, 0.3) is 11.0 Å². The summed E-state index contributed by atoms with van der Waals surface area (Å²) in [5, 5.41) is 7.17. The monoisotopic (exact) mass is 295 g/mol. The van der Waals surface area contributed by atoms with Crippen LogP contribution in [-0.2, 0) is 0 Å². The Labute approximate surface area is 127 Å². The van der Waals surface area contributed by atoms with Gasteiger partial charge in [0.15, 0.2) is 5.65 Å². The number of rotatable bonds is 2. The molecule has 0 bridgehead atoms. The number of aryl methyl sites for hydroxylation is 1. The van der Waals surface area contributed by atoms with E-state index in [1.807, 2.05) is 0 Å². The van der Waals surface area contributed by atoms with Crippen molar-refractivity contribution in [3.63, 3.8) is 0 Å². The first-order valence-corrected chi connectivity index (χ1v) is 7.49. The van der Waals surface area contributed by atoms with E-state index in [1.165, 1.54) is 17.3 Å². The van der Waals surface area contributed by atoms with Crippen molar-refractivity contribution in [2.75, 3.05) is 11.4 Å². The van der Waals surface area contributed by atoms with Gasteiger partial charge in [-0.25, -0.2) is 0 Å². The summed E-state index contributed by atoms with van der Waals surface area (Å²) in [6.45, 7) is 3.02. The van der Waals surface area contributed by atoms with Crippen molar-refractivity contribution in [2.24, 2.45) is 0 Å². The largest absolute Gasteiger partial charge is 0.335 e. The highest BCUT2D eigenvalue weighted by atomic mass is 16.1. The van der Waals surface area contributed by atoms with Gasteiger partial charge in [0.2, 0.25) is 5.95 Å². The number of hydrogen-bond acceptors (Lipinski definition) is 4. The minimum atomic E-state index is -0.149. The molecule has 22 heavy (non-hydrogen) atoms. The minimum Gasteiger partial charge on any atom is -0.335 e. The second kappa shape index (κ2) is 4.98. The molecule has 0 saturated carbocycles. The fourth-order valence-electron chi connectivity index (χ4n) is 3.27. The topological polar surface area (TPSA) is 77.7 Å². The molecule has 0 amide bonds. The summed E-state index contributed by atoms with van der Waals surface area (Å²) in [6, 6.07) is 8.65. The van der Waals surface area contributed by atoms with E-state index in [2.05, 4.69) is 56.3 Å². The highest BCUT2D eigenvalue weighted by molar-refractivity contribution is 5.73.